The van der Waals surface area contributed by atoms with Crippen LogP contribution in [0.4, 0.5) is 14.5 Å². The molecule has 0 spiro atoms. The predicted molar refractivity (Wildman–Crippen MR) is 129 cm³/mol. The maximum atomic E-state index is 13.7. The summed E-state index contributed by atoms with van der Waals surface area (Å²) in [7, 11) is 0. The number of anilines is 1. The number of ether oxygens (including phenoxy) is 1. The number of aryl methyl sites for hydroxylation is 2. The summed E-state index contributed by atoms with van der Waals surface area (Å²) < 4.78 is 35.0. The van der Waals surface area contributed by atoms with Gasteiger partial charge in [0.1, 0.15) is 17.2 Å². The summed E-state index contributed by atoms with van der Waals surface area (Å²) in [6.07, 6.45) is -1.04. The lowest BCUT2D eigenvalue weighted by Gasteiger charge is -2.29. The van der Waals surface area contributed by atoms with Crippen LogP contribution in [0.5, 0.6) is 0 Å². The highest BCUT2D eigenvalue weighted by atomic mass is 19.3. The van der Waals surface area contributed by atoms with Crippen molar-refractivity contribution in [3.63, 3.8) is 0 Å². The highest BCUT2D eigenvalue weighted by Gasteiger charge is 2.22. The van der Waals surface area contributed by atoms with Crippen molar-refractivity contribution in [3.8, 4) is 17.1 Å². The Kier molecular flexibility index (Phi) is 5.18. The molecule has 0 unspecified atom stereocenters. The van der Waals surface area contributed by atoms with E-state index in [0.29, 0.717) is 30.2 Å². The zero-order valence-corrected chi connectivity index (χ0v) is 19.3. The van der Waals surface area contributed by atoms with E-state index >= 15 is 0 Å². The molecule has 1 saturated heterocycles. The molecule has 0 saturated carbocycles. The second-order valence-electron chi connectivity index (χ2n) is 8.59. The van der Waals surface area contributed by atoms with Gasteiger partial charge in [0.2, 0.25) is 0 Å². The van der Waals surface area contributed by atoms with Crippen LogP contribution in [-0.4, -0.2) is 56.0 Å². The van der Waals surface area contributed by atoms with Gasteiger partial charge in [-0.3, -0.25) is 9.55 Å². The van der Waals surface area contributed by atoms with Crippen LogP contribution in [0.2, 0.25) is 0 Å². The first kappa shape index (κ1) is 21.6. The maximum Gasteiger partial charge on any atom is 0.265 e. The highest BCUT2D eigenvalue weighted by molar-refractivity contribution is 5.97. The Bertz CT molecular complexity index is 1550. The number of benzene rings is 2. The van der Waals surface area contributed by atoms with Gasteiger partial charge in [0, 0.05) is 41.5 Å². The number of nitrogens with zero attached hydrogens (tertiary/aromatic N) is 6. The fraction of sp³-hybridized carbons (Fsp3) is 0.280. The van der Waals surface area contributed by atoms with Gasteiger partial charge in [0.15, 0.2) is 5.82 Å². The number of aromatic nitrogens is 6. The Labute approximate surface area is 199 Å². The van der Waals surface area contributed by atoms with E-state index in [0.717, 1.165) is 46.9 Å². The van der Waals surface area contributed by atoms with Crippen LogP contribution < -0.4 is 4.90 Å². The second kappa shape index (κ2) is 8.38. The van der Waals surface area contributed by atoms with Crippen molar-refractivity contribution >= 4 is 27.6 Å². The van der Waals surface area contributed by atoms with Crippen LogP contribution in [0.15, 0.2) is 42.6 Å². The molecule has 8 nitrogen and oxygen atoms in total. The molecule has 0 atom stereocenters. The fourth-order valence-corrected chi connectivity index (χ4v) is 4.79. The first-order valence-electron chi connectivity index (χ1n) is 11.4. The van der Waals surface area contributed by atoms with E-state index < -0.39 is 6.43 Å². The minimum absolute atomic E-state index is 0.0850. The normalized spacial score (nSPS) is 14.5. The number of fused-ring (bicyclic) bond motifs is 2. The molecule has 5 aromatic rings. The summed E-state index contributed by atoms with van der Waals surface area (Å²) in [5, 5.41) is 9.11. The number of aromatic amines is 1. The lowest BCUT2D eigenvalue weighted by molar-refractivity contribution is 0.122. The third-order valence-electron chi connectivity index (χ3n) is 6.40. The summed E-state index contributed by atoms with van der Waals surface area (Å²) in [6, 6.07) is 10.9. The van der Waals surface area contributed by atoms with Crippen LogP contribution in [-0.2, 0) is 4.74 Å². The largest absolute Gasteiger partial charge is 0.378 e. The highest BCUT2D eigenvalue weighted by Crippen LogP contribution is 2.36. The molecule has 0 radical (unpaired) electrons. The molecule has 35 heavy (non-hydrogen) atoms. The molecule has 3 aromatic heterocycles. The molecule has 2 aromatic carbocycles. The molecule has 0 bridgehead atoms. The van der Waals surface area contributed by atoms with Gasteiger partial charge in [-0.25, -0.2) is 13.8 Å². The van der Waals surface area contributed by atoms with Crippen LogP contribution >= 0.6 is 0 Å². The molecular weight excluding hydrogens is 452 g/mol. The number of hydrogen-bond donors (Lipinski definition) is 1. The van der Waals surface area contributed by atoms with Crippen molar-refractivity contribution in [1.29, 1.82) is 0 Å². The summed E-state index contributed by atoms with van der Waals surface area (Å²) >= 11 is 0. The van der Waals surface area contributed by atoms with E-state index in [-0.39, 0.29) is 11.1 Å². The lowest BCUT2D eigenvalue weighted by atomic mass is 10.1. The van der Waals surface area contributed by atoms with Gasteiger partial charge >= 0.3 is 0 Å². The minimum Gasteiger partial charge on any atom is -0.378 e. The molecule has 10 heteroatoms. The fourth-order valence-electron chi connectivity index (χ4n) is 4.79. The van der Waals surface area contributed by atoms with Crippen molar-refractivity contribution in [3.05, 3.63) is 59.8 Å². The van der Waals surface area contributed by atoms with Crippen LogP contribution in [0.1, 0.15) is 23.6 Å². The summed E-state index contributed by atoms with van der Waals surface area (Å²) in [5.41, 5.74) is 4.40. The van der Waals surface area contributed by atoms with E-state index in [2.05, 4.69) is 37.2 Å². The van der Waals surface area contributed by atoms with Crippen LogP contribution in [0.25, 0.3) is 39.0 Å². The number of morpholine rings is 1. The smallest absolute Gasteiger partial charge is 0.265 e. The number of para-hydroxylation sites is 1. The van der Waals surface area contributed by atoms with Crippen molar-refractivity contribution in [1.82, 2.24) is 29.7 Å². The Morgan fingerprint density at radius 1 is 1.03 bits per heavy atom. The topological polar surface area (TPSA) is 84.8 Å². The summed E-state index contributed by atoms with van der Waals surface area (Å²) in [6.45, 7) is 6.60. The van der Waals surface area contributed by atoms with E-state index in [1.807, 2.05) is 30.5 Å². The molecule has 1 aliphatic heterocycles. The molecule has 178 valence electrons. The molecule has 1 aliphatic rings. The summed E-state index contributed by atoms with van der Waals surface area (Å²) in [4.78, 5) is 14.7. The molecular formula is C25H23F2N7O. The van der Waals surface area contributed by atoms with Crippen LogP contribution in [0, 0.1) is 13.8 Å². The lowest BCUT2D eigenvalue weighted by Crippen LogP contribution is -2.36. The first-order chi connectivity index (χ1) is 17.0. The van der Waals surface area contributed by atoms with Gasteiger partial charge in [0.25, 0.3) is 6.43 Å². The SMILES string of the molecule is Cc1nnc(-c2cc(N3CCOCC3)cc3c2nc(C)n3-c2ccnc3c(C(F)F)cccc23)[nH]1. The monoisotopic (exact) mass is 475 g/mol. The Morgan fingerprint density at radius 2 is 1.86 bits per heavy atom. The molecule has 1 N–H and O–H groups in total. The summed E-state index contributed by atoms with van der Waals surface area (Å²) in [5.74, 6) is 2.07. The average molecular weight is 476 g/mol. The van der Waals surface area contributed by atoms with Gasteiger partial charge in [-0.2, -0.15) is 0 Å². The number of pyridine rings is 1. The molecule has 0 aliphatic carbocycles. The zero-order chi connectivity index (χ0) is 24.1. The third kappa shape index (κ3) is 3.61. The predicted octanol–water partition coefficient (Wildman–Crippen LogP) is 4.75. The molecule has 1 fully saturated rings. The number of hydrogen-bond acceptors (Lipinski definition) is 6. The van der Waals surface area contributed by atoms with Crippen LogP contribution in [0.3, 0.4) is 0 Å². The van der Waals surface area contributed by atoms with Gasteiger partial charge in [0.05, 0.1) is 29.9 Å². The van der Waals surface area contributed by atoms with E-state index in [1.165, 1.54) is 6.07 Å². The molecule has 4 heterocycles. The first-order valence-corrected chi connectivity index (χ1v) is 11.4. The van der Waals surface area contributed by atoms with Gasteiger partial charge < -0.3 is 14.6 Å². The zero-order valence-electron chi connectivity index (χ0n) is 19.3. The van der Waals surface area contributed by atoms with Gasteiger partial charge in [-0.15, -0.1) is 10.2 Å². The number of alkyl halides is 2. The van der Waals surface area contributed by atoms with Crippen molar-refractivity contribution < 1.29 is 13.5 Å². The molecule has 0 amide bonds. The van der Waals surface area contributed by atoms with Gasteiger partial charge in [-0.05, 0) is 32.0 Å². The number of H-pyrrole nitrogens is 1. The maximum absolute atomic E-state index is 13.7. The third-order valence-corrected chi connectivity index (χ3v) is 6.40. The Balaban J connectivity index is 1.65. The van der Waals surface area contributed by atoms with E-state index in [9.17, 15) is 8.78 Å². The molecule has 6 rings (SSSR count). The average Bonchev–Trinajstić information content (AvgIpc) is 3.45. The number of imidazole rings is 1. The Hall–Kier alpha value is -3.92. The van der Waals surface area contributed by atoms with Crippen molar-refractivity contribution in [2.75, 3.05) is 31.2 Å². The van der Waals surface area contributed by atoms with Gasteiger partial charge in [-0.1, -0.05) is 18.2 Å². The van der Waals surface area contributed by atoms with E-state index in [1.54, 1.807) is 12.3 Å². The number of halogens is 2. The standard InChI is InChI=1S/C25H23F2N7O/c1-14-29-25(32-31-14)19-12-16(33-8-10-35-11-9-33)13-21-23(19)30-15(2)34(21)20-6-7-28-22-17(20)4-3-5-18(22)24(26)27/h3-7,12-13,24H,8-11H2,1-2H3,(H,29,31,32). The number of rotatable bonds is 4. The van der Waals surface area contributed by atoms with E-state index in [4.69, 9.17) is 9.72 Å². The van der Waals surface area contributed by atoms with Crippen molar-refractivity contribution in [2.24, 2.45) is 0 Å². The Morgan fingerprint density at radius 3 is 2.60 bits per heavy atom. The minimum atomic E-state index is -2.61. The number of nitrogens with one attached hydrogen (secondary N) is 1. The van der Waals surface area contributed by atoms with Crippen molar-refractivity contribution in [2.45, 2.75) is 20.3 Å². The second-order valence-corrected chi connectivity index (χ2v) is 8.59. The quantitative estimate of drug-likeness (QED) is 0.404.